The Morgan fingerprint density at radius 1 is 1.12 bits per heavy atom. The van der Waals surface area contributed by atoms with Crippen molar-refractivity contribution in [3.05, 3.63) is 70.4 Å². The summed E-state index contributed by atoms with van der Waals surface area (Å²) in [5, 5.41) is 10.3. The number of benzene rings is 2. The molecule has 0 aliphatic carbocycles. The van der Waals surface area contributed by atoms with Crippen molar-refractivity contribution in [1.82, 2.24) is 0 Å². The van der Waals surface area contributed by atoms with Gasteiger partial charge in [0.25, 0.3) is 0 Å². The molecule has 6 heteroatoms. The van der Waals surface area contributed by atoms with Crippen LogP contribution in [0.5, 0.6) is 11.5 Å². The van der Waals surface area contributed by atoms with Crippen LogP contribution in [0.3, 0.4) is 0 Å². The van der Waals surface area contributed by atoms with Crippen molar-refractivity contribution in [3.8, 4) is 11.5 Å². The summed E-state index contributed by atoms with van der Waals surface area (Å²) in [6.45, 7) is 0. The first kappa shape index (κ1) is 16.8. The van der Waals surface area contributed by atoms with E-state index in [9.17, 15) is 9.90 Å². The van der Waals surface area contributed by atoms with Gasteiger partial charge in [-0.05, 0) is 47.5 Å². The van der Waals surface area contributed by atoms with Crippen molar-refractivity contribution in [3.63, 3.8) is 0 Å². The summed E-state index contributed by atoms with van der Waals surface area (Å²) in [4.78, 5) is 16.1. The van der Waals surface area contributed by atoms with Crippen LogP contribution in [0, 0.1) is 0 Å². The predicted molar refractivity (Wildman–Crippen MR) is 96.6 cm³/mol. The molecule has 0 saturated heterocycles. The summed E-state index contributed by atoms with van der Waals surface area (Å²) >= 11 is 5.84. The Kier molecular flexibility index (Phi) is 4.86. The summed E-state index contributed by atoms with van der Waals surface area (Å²) in [5.41, 5.74) is 1.74. The smallest absolute Gasteiger partial charge is 0.363 e. The van der Waals surface area contributed by atoms with Crippen molar-refractivity contribution in [2.75, 3.05) is 7.11 Å². The van der Waals surface area contributed by atoms with E-state index in [0.29, 0.717) is 16.3 Å². The number of aromatic hydroxyl groups is 1. The van der Waals surface area contributed by atoms with Gasteiger partial charge < -0.3 is 14.6 Å². The van der Waals surface area contributed by atoms with Gasteiger partial charge in [-0.1, -0.05) is 29.8 Å². The zero-order chi connectivity index (χ0) is 17.8. The van der Waals surface area contributed by atoms with E-state index in [1.807, 2.05) is 12.1 Å². The Hall–Kier alpha value is -3.05. The van der Waals surface area contributed by atoms with E-state index in [1.54, 1.807) is 42.5 Å². The summed E-state index contributed by atoms with van der Waals surface area (Å²) in [6.07, 6.45) is 4.95. The number of esters is 1. The molecule has 0 aromatic heterocycles. The average molecular weight is 356 g/mol. The fourth-order valence-electron chi connectivity index (χ4n) is 2.18. The van der Waals surface area contributed by atoms with Gasteiger partial charge in [-0.2, -0.15) is 0 Å². The van der Waals surface area contributed by atoms with E-state index in [1.165, 1.54) is 13.2 Å². The largest absolute Gasteiger partial charge is 0.504 e. The lowest BCUT2D eigenvalue weighted by atomic mass is 10.1. The number of hydrogen-bond acceptors (Lipinski definition) is 5. The van der Waals surface area contributed by atoms with E-state index >= 15 is 0 Å². The van der Waals surface area contributed by atoms with Gasteiger partial charge in [0.2, 0.25) is 5.90 Å². The third kappa shape index (κ3) is 4.08. The van der Waals surface area contributed by atoms with Crippen LogP contribution >= 0.6 is 11.6 Å². The van der Waals surface area contributed by atoms with E-state index in [4.69, 9.17) is 21.1 Å². The first-order chi connectivity index (χ1) is 12.0. The zero-order valence-corrected chi connectivity index (χ0v) is 14.0. The van der Waals surface area contributed by atoms with Crippen molar-refractivity contribution in [2.45, 2.75) is 0 Å². The highest BCUT2D eigenvalue weighted by molar-refractivity contribution is 6.30. The lowest BCUT2D eigenvalue weighted by Gasteiger charge is -2.03. The number of rotatable bonds is 4. The molecular weight excluding hydrogens is 342 g/mol. The number of phenolic OH excluding ortho intramolecular Hbond substituents is 1. The molecule has 25 heavy (non-hydrogen) atoms. The van der Waals surface area contributed by atoms with Crippen molar-refractivity contribution in [2.24, 2.45) is 4.99 Å². The van der Waals surface area contributed by atoms with E-state index in [2.05, 4.69) is 4.99 Å². The molecule has 0 unspecified atom stereocenters. The molecule has 0 amide bonds. The van der Waals surface area contributed by atoms with E-state index < -0.39 is 5.97 Å². The molecule has 3 rings (SSSR count). The Labute approximate surface area is 149 Å². The molecular formula is C19H14ClNO4. The quantitative estimate of drug-likeness (QED) is 0.663. The van der Waals surface area contributed by atoms with Crippen LogP contribution in [0.2, 0.25) is 5.02 Å². The second-order valence-corrected chi connectivity index (χ2v) is 5.62. The van der Waals surface area contributed by atoms with E-state index in [0.717, 1.165) is 5.56 Å². The Morgan fingerprint density at radius 2 is 1.84 bits per heavy atom. The first-order valence-electron chi connectivity index (χ1n) is 7.38. The van der Waals surface area contributed by atoms with Crippen LogP contribution in [0.15, 0.2) is 59.2 Å². The Morgan fingerprint density at radius 3 is 2.56 bits per heavy atom. The fraction of sp³-hybridized carbons (Fsp3) is 0.0526. The molecule has 5 nitrogen and oxygen atoms in total. The van der Waals surface area contributed by atoms with Crippen LogP contribution < -0.4 is 4.74 Å². The van der Waals surface area contributed by atoms with Gasteiger partial charge in [-0.3, -0.25) is 0 Å². The number of phenols is 1. The minimum atomic E-state index is -0.539. The normalized spacial score (nSPS) is 15.5. The number of carbonyl (C=O) groups excluding carboxylic acids is 1. The van der Waals surface area contributed by atoms with Crippen molar-refractivity contribution >= 4 is 35.6 Å². The predicted octanol–water partition coefficient (Wildman–Crippen LogP) is 4.06. The number of nitrogens with zero attached hydrogens (tertiary/aromatic N) is 1. The van der Waals surface area contributed by atoms with Crippen LogP contribution in [-0.4, -0.2) is 24.1 Å². The lowest BCUT2D eigenvalue weighted by molar-refractivity contribution is -0.129. The first-order valence-corrected chi connectivity index (χ1v) is 7.76. The fourth-order valence-corrected chi connectivity index (χ4v) is 2.31. The Bertz CT molecular complexity index is 898. The van der Waals surface area contributed by atoms with Gasteiger partial charge in [0.15, 0.2) is 17.2 Å². The van der Waals surface area contributed by atoms with Gasteiger partial charge in [-0.25, -0.2) is 9.79 Å². The summed E-state index contributed by atoms with van der Waals surface area (Å²) in [7, 11) is 1.45. The molecule has 1 aliphatic heterocycles. The van der Waals surface area contributed by atoms with Gasteiger partial charge >= 0.3 is 5.97 Å². The molecule has 1 heterocycles. The highest BCUT2D eigenvalue weighted by Crippen LogP contribution is 2.28. The number of cyclic esters (lactones) is 1. The van der Waals surface area contributed by atoms with Crippen molar-refractivity contribution in [1.29, 1.82) is 0 Å². The molecule has 126 valence electrons. The van der Waals surface area contributed by atoms with Gasteiger partial charge in [0.1, 0.15) is 0 Å². The number of halogens is 1. The lowest BCUT2D eigenvalue weighted by Crippen LogP contribution is -2.01. The topological polar surface area (TPSA) is 68.1 Å². The molecule has 2 aromatic rings. The number of aliphatic imine (C=N–C) groups is 1. The van der Waals surface area contributed by atoms with Crippen molar-refractivity contribution < 1.29 is 19.4 Å². The highest BCUT2D eigenvalue weighted by atomic mass is 35.5. The summed E-state index contributed by atoms with van der Waals surface area (Å²) in [5.74, 6) is 0.000953. The minimum absolute atomic E-state index is 0.0220. The number of ether oxygens (including phenoxy) is 2. The molecule has 0 bridgehead atoms. The van der Waals surface area contributed by atoms with Crippen LogP contribution in [0.25, 0.3) is 12.2 Å². The van der Waals surface area contributed by atoms with Gasteiger partial charge in [0, 0.05) is 11.1 Å². The second-order valence-electron chi connectivity index (χ2n) is 5.19. The maximum absolute atomic E-state index is 11.9. The van der Waals surface area contributed by atoms with Crippen LogP contribution in [0.4, 0.5) is 0 Å². The van der Waals surface area contributed by atoms with Crippen LogP contribution in [0.1, 0.15) is 11.1 Å². The molecule has 0 atom stereocenters. The standard InChI is InChI=1S/C19H14ClNO4/c1-24-17-11-13(4-8-16(17)22)10-15-19(23)25-18(21-15)9-5-12-2-6-14(20)7-3-12/h2-11,22H,1H3/b9-5+,15-10-. The van der Waals surface area contributed by atoms with E-state index in [-0.39, 0.29) is 17.3 Å². The van der Waals surface area contributed by atoms with Gasteiger partial charge in [-0.15, -0.1) is 0 Å². The number of carbonyl (C=O) groups is 1. The van der Waals surface area contributed by atoms with Gasteiger partial charge in [0.05, 0.1) is 7.11 Å². The third-order valence-corrected chi connectivity index (χ3v) is 3.68. The Balaban J connectivity index is 1.81. The maximum atomic E-state index is 11.9. The molecule has 0 fully saturated rings. The SMILES string of the molecule is COc1cc(/C=C2N=C(/C=C/c3ccc(Cl)cc3)OC\2=O)ccc1O. The monoisotopic (exact) mass is 355 g/mol. The number of hydrogen-bond donors (Lipinski definition) is 1. The molecule has 1 aliphatic rings. The molecule has 1 N–H and O–H groups in total. The minimum Gasteiger partial charge on any atom is -0.504 e. The second kappa shape index (κ2) is 7.23. The van der Waals surface area contributed by atoms with Crippen LogP contribution in [-0.2, 0) is 9.53 Å². The average Bonchev–Trinajstić information content (AvgIpc) is 2.96. The molecule has 0 spiro atoms. The molecule has 2 aromatic carbocycles. The molecule has 0 saturated carbocycles. The highest BCUT2D eigenvalue weighted by Gasteiger charge is 2.21. The molecule has 0 radical (unpaired) electrons. The maximum Gasteiger partial charge on any atom is 0.363 e. The summed E-state index contributed by atoms with van der Waals surface area (Å²) in [6, 6.07) is 12.0. The third-order valence-electron chi connectivity index (χ3n) is 3.43. The summed E-state index contributed by atoms with van der Waals surface area (Å²) < 4.78 is 10.2. The zero-order valence-electron chi connectivity index (χ0n) is 13.3. The number of methoxy groups -OCH3 is 1.